The summed E-state index contributed by atoms with van der Waals surface area (Å²) in [4.78, 5) is 30.4. The van der Waals surface area contributed by atoms with E-state index in [9.17, 15) is 9.59 Å². The molecule has 1 aromatic heterocycles. The van der Waals surface area contributed by atoms with Gasteiger partial charge in [0, 0.05) is 11.7 Å². The van der Waals surface area contributed by atoms with E-state index in [0.717, 1.165) is 42.5 Å². The van der Waals surface area contributed by atoms with Crippen LogP contribution in [0, 0.1) is 13.8 Å². The number of aryl methyl sites for hydroxylation is 2. The van der Waals surface area contributed by atoms with E-state index in [2.05, 4.69) is 11.4 Å². The van der Waals surface area contributed by atoms with Crippen LogP contribution < -0.4 is 10.9 Å². The van der Waals surface area contributed by atoms with Crippen molar-refractivity contribution in [1.29, 1.82) is 0 Å². The number of fused-ring (bicyclic) bond motifs is 1. The zero-order valence-electron chi connectivity index (χ0n) is 16.8. The minimum atomic E-state index is -0.0969. The van der Waals surface area contributed by atoms with Crippen molar-refractivity contribution in [2.75, 3.05) is 11.1 Å². The molecule has 6 heteroatoms. The number of carbonyl (C=O) groups is 1. The van der Waals surface area contributed by atoms with Crippen LogP contribution in [0.25, 0.3) is 10.9 Å². The molecule has 1 fully saturated rings. The number of nitrogens with zero attached hydrogens (tertiary/aromatic N) is 2. The molecule has 4 rings (SSSR count). The predicted octanol–water partition coefficient (Wildman–Crippen LogP) is 4.86. The largest absolute Gasteiger partial charge is 0.325 e. The summed E-state index contributed by atoms with van der Waals surface area (Å²) in [7, 11) is 0. The van der Waals surface area contributed by atoms with Crippen LogP contribution in [-0.2, 0) is 4.79 Å². The lowest BCUT2D eigenvalue weighted by Crippen LogP contribution is -2.27. The van der Waals surface area contributed by atoms with Crippen LogP contribution in [0.3, 0.4) is 0 Å². The van der Waals surface area contributed by atoms with Crippen molar-refractivity contribution in [2.45, 2.75) is 50.7 Å². The van der Waals surface area contributed by atoms with Crippen LogP contribution in [0.1, 0.15) is 42.9 Å². The van der Waals surface area contributed by atoms with Gasteiger partial charge in [-0.15, -0.1) is 0 Å². The quantitative estimate of drug-likeness (QED) is 0.485. The lowest BCUT2D eigenvalue weighted by atomic mass is 10.1. The Kier molecular flexibility index (Phi) is 5.72. The van der Waals surface area contributed by atoms with Crippen LogP contribution >= 0.6 is 11.8 Å². The number of benzene rings is 2. The van der Waals surface area contributed by atoms with Crippen LogP contribution in [0.2, 0.25) is 0 Å². The monoisotopic (exact) mass is 407 g/mol. The van der Waals surface area contributed by atoms with Gasteiger partial charge in [-0.3, -0.25) is 14.2 Å². The number of hydrogen-bond donors (Lipinski definition) is 1. The number of hydrogen-bond acceptors (Lipinski definition) is 4. The van der Waals surface area contributed by atoms with Gasteiger partial charge in [-0.25, -0.2) is 4.98 Å². The molecule has 2 aromatic carbocycles. The summed E-state index contributed by atoms with van der Waals surface area (Å²) in [6, 6.07) is 13.6. The van der Waals surface area contributed by atoms with Crippen LogP contribution in [0.5, 0.6) is 0 Å². The van der Waals surface area contributed by atoms with Crippen molar-refractivity contribution in [3.8, 4) is 0 Å². The first-order valence-corrected chi connectivity index (χ1v) is 11.0. The summed E-state index contributed by atoms with van der Waals surface area (Å²) in [6.07, 6.45) is 4.23. The molecular weight excluding hydrogens is 382 g/mol. The van der Waals surface area contributed by atoms with Crippen molar-refractivity contribution in [1.82, 2.24) is 9.55 Å². The highest BCUT2D eigenvalue weighted by Gasteiger charge is 2.23. The number of thioether (sulfide) groups is 1. The van der Waals surface area contributed by atoms with Gasteiger partial charge in [-0.05, 0) is 62.1 Å². The molecule has 3 aromatic rings. The summed E-state index contributed by atoms with van der Waals surface area (Å²) in [6.45, 7) is 4.02. The van der Waals surface area contributed by atoms with Crippen LogP contribution in [0.15, 0.2) is 52.4 Å². The molecule has 1 heterocycles. The van der Waals surface area contributed by atoms with E-state index in [0.29, 0.717) is 16.1 Å². The number of carbonyl (C=O) groups excluding carboxylic acids is 1. The molecule has 1 aliphatic carbocycles. The molecule has 0 bridgehead atoms. The molecule has 1 amide bonds. The van der Waals surface area contributed by atoms with Gasteiger partial charge in [0.15, 0.2) is 5.16 Å². The maximum atomic E-state index is 13.2. The topological polar surface area (TPSA) is 64.0 Å². The Morgan fingerprint density at radius 2 is 1.83 bits per heavy atom. The van der Waals surface area contributed by atoms with Gasteiger partial charge in [-0.2, -0.15) is 0 Å². The molecule has 150 valence electrons. The SMILES string of the molecule is Cc1cc(C)cc(NC(=O)CSc2nc3ccccc3c(=O)n2C2CCCC2)c1. The summed E-state index contributed by atoms with van der Waals surface area (Å²) in [5.74, 6) is 0.116. The van der Waals surface area contributed by atoms with Gasteiger partial charge in [0.2, 0.25) is 5.91 Å². The first kappa shape index (κ1) is 19.7. The second-order valence-electron chi connectivity index (χ2n) is 7.74. The molecule has 1 aliphatic rings. The molecule has 0 unspecified atom stereocenters. The first-order valence-electron chi connectivity index (χ1n) is 10.0. The third-order valence-corrected chi connectivity index (χ3v) is 6.26. The highest BCUT2D eigenvalue weighted by molar-refractivity contribution is 7.99. The van der Waals surface area contributed by atoms with E-state index in [1.54, 1.807) is 0 Å². The lowest BCUT2D eigenvalue weighted by molar-refractivity contribution is -0.113. The Morgan fingerprint density at radius 1 is 1.14 bits per heavy atom. The minimum Gasteiger partial charge on any atom is -0.325 e. The Labute approximate surface area is 174 Å². The summed E-state index contributed by atoms with van der Waals surface area (Å²) in [5, 5.41) is 4.24. The van der Waals surface area contributed by atoms with E-state index in [1.807, 2.05) is 54.8 Å². The molecule has 0 aliphatic heterocycles. The summed E-state index contributed by atoms with van der Waals surface area (Å²) in [5.41, 5.74) is 3.70. The number of aromatic nitrogens is 2. The average molecular weight is 408 g/mol. The Bertz CT molecular complexity index is 1100. The molecular formula is C23H25N3O2S. The number of nitrogens with one attached hydrogen (secondary N) is 1. The van der Waals surface area contributed by atoms with Crippen molar-refractivity contribution in [3.05, 3.63) is 63.9 Å². The lowest BCUT2D eigenvalue weighted by Gasteiger charge is -2.18. The number of rotatable bonds is 5. The smallest absolute Gasteiger partial charge is 0.262 e. The molecule has 0 atom stereocenters. The molecule has 29 heavy (non-hydrogen) atoms. The number of para-hydroxylation sites is 1. The Balaban J connectivity index is 1.58. The molecule has 1 saturated carbocycles. The van der Waals surface area contributed by atoms with Gasteiger partial charge in [0.25, 0.3) is 5.56 Å². The zero-order valence-corrected chi connectivity index (χ0v) is 17.6. The first-order chi connectivity index (χ1) is 14.0. The molecule has 0 spiro atoms. The Hall–Kier alpha value is -2.60. The molecule has 5 nitrogen and oxygen atoms in total. The number of anilines is 1. The highest BCUT2D eigenvalue weighted by atomic mass is 32.2. The number of amides is 1. The van der Waals surface area contributed by atoms with E-state index < -0.39 is 0 Å². The van der Waals surface area contributed by atoms with E-state index >= 15 is 0 Å². The molecule has 1 N–H and O–H groups in total. The zero-order chi connectivity index (χ0) is 20.4. The average Bonchev–Trinajstić information content (AvgIpc) is 3.20. The van der Waals surface area contributed by atoms with Crippen molar-refractivity contribution < 1.29 is 4.79 Å². The standard InChI is InChI=1S/C23H25N3O2S/c1-15-11-16(2)13-17(12-15)24-21(27)14-29-23-25-20-10-6-5-9-19(20)22(28)26(23)18-7-3-4-8-18/h5-6,9-13,18H,3-4,7-8,14H2,1-2H3,(H,24,27). The third-order valence-electron chi connectivity index (χ3n) is 5.30. The fraction of sp³-hybridized carbons (Fsp3) is 0.348. The predicted molar refractivity (Wildman–Crippen MR) is 119 cm³/mol. The van der Waals surface area contributed by atoms with Gasteiger partial charge in [0.1, 0.15) is 0 Å². The van der Waals surface area contributed by atoms with Gasteiger partial charge >= 0.3 is 0 Å². The summed E-state index contributed by atoms with van der Waals surface area (Å²) < 4.78 is 1.82. The van der Waals surface area contributed by atoms with Crippen molar-refractivity contribution in [2.24, 2.45) is 0 Å². The second-order valence-corrected chi connectivity index (χ2v) is 8.68. The second kappa shape index (κ2) is 8.41. The van der Waals surface area contributed by atoms with Crippen LogP contribution in [-0.4, -0.2) is 21.2 Å². The highest BCUT2D eigenvalue weighted by Crippen LogP contribution is 2.32. The van der Waals surface area contributed by atoms with Crippen molar-refractivity contribution in [3.63, 3.8) is 0 Å². The minimum absolute atomic E-state index is 0.000262. The maximum Gasteiger partial charge on any atom is 0.262 e. The fourth-order valence-electron chi connectivity index (χ4n) is 4.09. The van der Waals surface area contributed by atoms with E-state index in [-0.39, 0.29) is 23.3 Å². The molecule has 0 saturated heterocycles. The van der Waals surface area contributed by atoms with Gasteiger partial charge in [-0.1, -0.05) is 42.8 Å². The van der Waals surface area contributed by atoms with E-state index in [1.165, 1.54) is 11.8 Å². The maximum absolute atomic E-state index is 13.2. The third kappa shape index (κ3) is 4.37. The normalized spacial score (nSPS) is 14.4. The van der Waals surface area contributed by atoms with E-state index in [4.69, 9.17) is 4.98 Å². The molecule has 0 radical (unpaired) electrons. The Morgan fingerprint density at radius 3 is 2.55 bits per heavy atom. The summed E-state index contributed by atoms with van der Waals surface area (Å²) >= 11 is 1.34. The van der Waals surface area contributed by atoms with Gasteiger partial charge in [0.05, 0.1) is 16.7 Å². The fourth-order valence-corrected chi connectivity index (χ4v) is 4.95. The van der Waals surface area contributed by atoms with Crippen LogP contribution in [0.4, 0.5) is 5.69 Å². The van der Waals surface area contributed by atoms with Crippen molar-refractivity contribution >= 4 is 34.3 Å². The van der Waals surface area contributed by atoms with Gasteiger partial charge < -0.3 is 5.32 Å².